The summed E-state index contributed by atoms with van der Waals surface area (Å²) in [7, 11) is 0. The van der Waals surface area contributed by atoms with Crippen molar-refractivity contribution in [1.29, 1.82) is 0 Å². The van der Waals surface area contributed by atoms with Gasteiger partial charge in [-0.15, -0.1) is 0 Å². The smallest absolute Gasteiger partial charge is 0.217 e. The topological polar surface area (TPSA) is 107 Å². The lowest BCUT2D eigenvalue weighted by atomic mass is 10.2. The molecule has 6 nitrogen and oxygen atoms in total. The predicted octanol–water partition coefficient (Wildman–Crippen LogP) is 1.40. The first-order valence-corrected chi connectivity index (χ1v) is 6.37. The van der Waals surface area contributed by atoms with Crippen molar-refractivity contribution in [2.75, 3.05) is 17.6 Å². The molecule has 0 unspecified atom stereocenters. The number of nitrogens with zero attached hydrogens (tertiary/aromatic N) is 2. The third kappa shape index (κ3) is 3.94. The van der Waals surface area contributed by atoms with Crippen molar-refractivity contribution in [3.63, 3.8) is 0 Å². The number of primary amides is 1. The first kappa shape index (κ1) is 13.8. The van der Waals surface area contributed by atoms with Crippen LogP contribution < -0.4 is 16.8 Å². The van der Waals surface area contributed by atoms with Crippen molar-refractivity contribution in [2.45, 2.75) is 12.8 Å². The minimum absolute atomic E-state index is 0.307. The molecule has 5 N–H and O–H groups in total. The van der Waals surface area contributed by atoms with E-state index in [9.17, 15) is 4.79 Å². The fourth-order valence-electron chi connectivity index (χ4n) is 1.75. The van der Waals surface area contributed by atoms with E-state index in [1.54, 1.807) is 6.07 Å². The predicted molar refractivity (Wildman–Crippen MR) is 78.8 cm³/mol. The van der Waals surface area contributed by atoms with E-state index in [0.717, 1.165) is 5.56 Å². The van der Waals surface area contributed by atoms with Gasteiger partial charge in [0.05, 0.1) is 0 Å². The number of aromatic nitrogens is 2. The SMILES string of the molecule is NC(=O)CCCNc1cc(N)nc(-c2ccccc2)n1. The molecule has 0 aliphatic heterocycles. The van der Waals surface area contributed by atoms with Crippen LogP contribution in [-0.4, -0.2) is 22.4 Å². The molecule has 1 heterocycles. The number of hydrogen-bond acceptors (Lipinski definition) is 5. The summed E-state index contributed by atoms with van der Waals surface area (Å²) in [5, 5.41) is 3.11. The van der Waals surface area contributed by atoms with Crippen molar-refractivity contribution in [2.24, 2.45) is 5.73 Å². The fraction of sp³-hybridized carbons (Fsp3) is 0.214. The first-order chi connectivity index (χ1) is 9.65. The summed E-state index contributed by atoms with van der Waals surface area (Å²) in [5.41, 5.74) is 11.8. The standard InChI is InChI=1S/C14H17N5O/c15-11-9-13(17-8-4-7-12(16)20)19-14(18-11)10-5-2-1-3-6-10/h1-3,5-6,9H,4,7-8H2,(H2,16,20)(H3,15,17,18,19). The Hall–Kier alpha value is -2.63. The molecule has 2 rings (SSSR count). The first-order valence-electron chi connectivity index (χ1n) is 6.37. The summed E-state index contributed by atoms with van der Waals surface area (Å²) in [4.78, 5) is 19.3. The van der Waals surface area contributed by atoms with Crippen LogP contribution in [0, 0.1) is 0 Å². The molecule has 1 aromatic carbocycles. The molecule has 1 amide bonds. The lowest BCUT2D eigenvalue weighted by molar-refractivity contribution is -0.118. The van der Waals surface area contributed by atoms with Crippen LogP contribution in [0.2, 0.25) is 0 Å². The second-order valence-corrected chi connectivity index (χ2v) is 4.36. The van der Waals surface area contributed by atoms with Gasteiger partial charge in [0, 0.05) is 24.6 Å². The highest BCUT2D eigenvalue weighted by molar-refractivity contribution is 5.73. The second kappa shape index (κ2) is 6.51. The largest absolute Gasteiger partial charge is 0.384 e. The molecule has 6 heteroatoms. The van der Waals surface area contributed by atoms with Gasteiger partial charge in [-0.3, -0.25) is 4.79 Å². The van der Waals surface area contributed by atoms with Crippen LogP contribution in [0.15, 0.2) is 36.4 Å². The van der Waals surface area contributed by atoms with Crippen molar-refractivity contribution in [3.8, 4) is 11.4 Å². The van der Waals surface area contributed by atoms with E-state index in [0.29, 0.717) is 36.8 Å². The number of hydrogen-bond donors (Lipinski definition) is 3. The van der Waals surface area contributed by atoms with Gasteiger partial charge in [0.2, 0.25) is 5.91 Å². The highest BCUT2D eigenvalue weighted by Gasteiger charge is 2.05. The molecule has 0 saturated carbocycles. The number of carbonyl (C=O) groups excluding carboxylic acids is 1. The van der Waals surface area contributed by atoms with Gasteiger partial charge >= 0.3 is 0 Å². The van der Waals surface area contributed by atoms with Crippen molar-refractivity contribution < 1.29 is 4.79 Å². The number of benzene rings is 1. The van der Waals surface area contributed by atoms with E-state index in [1.165, 1.54) is 0 Å². The molecule has 104 valence electrons. The lowest BCUT2D eigenvalue weighted by Crippen LogP contribution is -2.13. The molecule has 0 radical (unpaired) electrons. The molecule has 1 aromatic heterocycles. The van der Waals surface area contributed by atoms with E-state index < -0.39 is 0 Å². The van der Waals surface area contributed by atoms with Gasteiger partial charge in [-0.25, -0.2) is 9.97 Å². The van der Waals surface area contributed by atoms with Gasteiger partial charge in [0.1, 0.15) is 11.6 Å². The zero-order valence-corrected chi connectivity index (χ0v) is 11.0. The summed E-state index contributed by atoms with van der Waals surface area (Å²) < 4.78 is 0. The maximum Gasteiger partial charge on any atom is 0.217 e. The van der Waals surface area contributed by atoms with Gasteiger partial charge in [0.25, 0.3) is 0 Å². The van der Waals surface area contributed by atoms with E-state index >= 15 is 0 Å². The van der Waals surface area contributed by atoms with E-state index in [2.05, 4.69) is 15.3 Å². The summed E-state index contributed by atoms with van der Waals surface area (Å²) in [5.74, 6) is 1.30. The van der Waals surface area contributed by atoms with Crippen LogP contribution in [0.25, 0.3) is 11.4 Å². The molecule has 0 bridgehead atoms. The molecular formula is C14H17N5O. The van der Waals surface area contributed by atoms with Crippen LogP contribution in [0.4, 0.5) is 11.6 Å². The Morgan fingerprint density at radius 1 is 1.20 bits per heavy atom. The Morgan fingerprint density at radius 2 is 1.95 bits per heavy atom. The fourth-order valence-corrected chi connectivity index (χ4v) is 1.75. The van der Waals surface area contributed by atoms with Crippen molar-refractivity contribution >= 4 is 17.5 Å². The van der Waals surface area contributed by atoms with Gasteiger partial charge in [-0.05, 0) is 6.42 Å². The lowest BCUT2D eigenvalue weighted by Gasteiger charge is -2.08. The molecule has 2 aromatic rings. The van der Waals surface area contributed by atoms with Gasteiger partial charge < -0.3 is 16.8 Å². The van der Waals surface area contributed by atoms with Crippen LogP contribution in [-0.2, 0) is 4.79 Å². The minimum Gasteiger partial charge on any atom is -0.384 e. The molecule has 0 atom stereocenters. The monoisotopic (exact) mass is 271 g/mol. The number of nitrogen functional groups attached to an aromatic ring is 1. The quantitative estimate of drug-likeness (QED) is 0.688. The molecule has 0 fully saturated rings. The van der Waals surface area contributed by atoms with Crippen LogP contribution in [0.5, 0.6) is 0 Å². The van der Waals surface area contributed by atoms with E-state index in [4.69, 9.17) is 11.5 Å². The van der Waals surface area contributed by atoms with Gasteiger partial charge in [-0.1, -0.05) is 30.3 Å². The highest BCUT2D eigenvalue weighted by Crippen LogP contribution is 2.18. The maximum atomic E-state index is 10.7. The number of amides is 1. The molecule has 0 aliphatic rings. The average Bonchev–Trinajstić information content (AvgIpc) is 2.44. The Labute approximate surface area is 117 Å². The summed E-state index contributed by atoms with van der Waals surface area (Å²) >= 11 is 0. The zero-order chi connectivity index (χ0) is 14.4. The van der Waals surface area contributed by atoms with E-state index in [-0.39, 0.29) is 5.91 Å². The Kier molecular flexibility index (Phi) is 4.49. The molecule has 0 saturated heterocycles. The normalized spacial score (nSPS) is 10.2. The zero-order valence-electron chi connectivity index (χ0n) is 11.0. The third-order valence-corrected chi connectivity index (χ3v) is 2.68. The molecule has 0 spiro atoms. The average molecular weight is 271 g/mol. The maximum absolute atomic E-state index is 10.7. The number of anilines is 2. The molecule has 20 heavy (non-hydrogen) atoms. The van der Waals surface area contributed by atoms with Crippen molar-refractivity contribution in [3.05, 3.63) is 36.4 Å². The number of nitrogens with one attached hydrogen (secondary N) is 1. The Bertz CT molecular complexity index is 585. The molecular weight excluding hydrogens is 254 g/mol. The summed E-state index contributed by atoms with van der Waals surface area (Å²) in [6.45, 7) is 0.605. The van der Waals surface area contributed by atoms with Crippen molar-refractivity contribution in [1.82, 2.24) is 9.97 Å². The Morgan fingerprint density at radius 3 is 2.65 bits per heavy atom. The third-order valence-electron chi connectivity index (χ3n) is 2.68. The second-order valence-electron chi connectivity index (χ2n) is 4.36. The molecule has 0 aliphatic carbocycles. The Balaban J connectivity index is 2.07. The van der Waals surface area contributed by atoms with Crippen LogP contribution >= 0.6 is 0 Å². The van der Waals surface area contributed by atoms with E-state index in [1.807, 2.05) is 30.3 Å². The number of rotatable bonds is 6. The van der Waals surface area contributed by atoms with Gasteiger partial charge in [-0.2, -0.15) is 0 Å². The summed E-state index contributed by atoms with van der Waals surface area (Å²) in [6, 6.07) is 11.3. The van der Waals surface area contributed by atoms with Crippen LogP contribution in [0.3, 0.4) is 0 Å². The van der Waals surface area contributed by atoms with Crippen LogP contribution in [0.1, 0.15) is 12.8 Å². The minimum atomic E-state index is -0.307. The highest BCUT2D eigenvalue weighted by atomic mass is 16.1. The van der Waals surface area contributed by atoms with Gasteiger partial charge in [0.15, 0.2) is 5.82 Å². The number of carbonyl (C=O) groups is 1. The number of nitrogens with two attached hydrogens (primary N) is 2. The summed E-state index contributed by atoms with van der Waals surface area (Å²) in [6.07, 6.45) is 0.999.